The number of nitrogens with zero attached hydrogens (tertiary/aromatic N) is 3. The summed E-state index contributed by atoms with van der Waals surface area (Å²) in [5.74, 6) is -0.148. The topological polar surface area (TPSA) is 76.5 Å². The third-order valence-corrected chi connectivity index (χ3v) is 6.31. The summed E-state index contributed by atoms with van der Waals surface area (Å²) in [6.45, 7) is 4.71. The van der Waals surface area contributed by atoms with E-state index in [1.165, 1.54) is 22.2 Å². The summed E-state index contributed by atoms with van der Waals surface area (Å²) in [5, 5.41) is 3.63. The van der Waals surface area contributed by atoms with Gasteiger partial charge in [0.25, 0.3) is 5.56 Å². The maximum Gasteiger partial charge on any atom is 0.262 e. The minimum atomic E-state index is -0.148. The first-order valence-corrected chi connectivity index (χ1v) is 10.1. The zero-order valence-electron chi connectivity index (χ0n) is 14.8. The molecule has 1 aliphatic carbocycles. The maximum atomic E-state index is 12.8. The van der Waals surface area contributed by atoms with Crippen molar-refractivity contribution in [2.75, 3.05) is 39.4 Å². The van der Waals surface area contributed by atoms with Gasteiger partial charge in [-0.3, -0.25) is 19.1 Å². The van der Waals surface area contributed by atoms with Crippen molar-refractivity contribution in [3.63, 3.8) is 0 Å². The molecule has 7 nitrogen and oxygen atoms in total. The Bertz CT molecular complexity index is 854. The molecule has 0 unspecified atom stereocenters. The fourth-order valence-corrected chi connectivity index (χ4v) is 4.90. The van der Waals surface area contributed by atoms with Gasteiger partial charge in [0.05, 0.1) is 24.9 Å². The second-order valence-corrected chi connectivity index (χ2v) is 7.96. The average molecular weight is 376 g/mol. The summed E-state index contributed by atoms with van der Waals surface area (Å²) in [5.41, 5.74) is 1.08. The van der Waals surface area contributed by atoms with Gasteiger partial charge in [-0.1, -0.05) is 0 Å². The van der Waals surface area contributed by atoms with Crippen LogP contribution in [0.2, 0.25) is 0 Å². The standard InChI is InChI=1S/C18H24N4O3S/c23-15(19-5-6-21-7-9-25-10-8-21)11-22-12-20-17-16(18(22)24)13-3-1-2-4-14(13)26-17/h12H,1-11H2,(H,19,23). The van der Waals surface area contributed by atoms with Gasteiger partial charge in [-0.15, -0.1) is 11.3 Å². The van der Waals surface area contributed by atoms with Crippen LogP contribution in [0.15, 0.2) is 11.1 Å². The highest BCUT2D eigenvalue weighted by Crippen LogP contribution is 2.33. The van der Waals surface area contributed by atoms with Crippen LogP contribution in [0, 0.1) is 0 Å². The Balaban J connectivity index is 1.41. The quantitative estimate of drug-likeness (QED) is 0.835. The second-order valence-electron chi connectivity index (χ2n) is 6.87. The third-order valence-electron chi connectivity index (χ3n) is 5.11. The van der Waals surface area contributed by atoms with Gasteiger partial charge in [-0.25, -0.2) is 4.98 Å². The smallest absolute Gasteiger partial charge is 0.262 e. The van der Waals surface area contributed by atoms with E-state index in [1.54, 1.807) is 11.3 Å². The minimum Gasteiger partial charge on any atom is -0.379 e. The van der Waals surface area contributed by atoms with Gasteiger partial charge in [-0.2, -0.15) is 0 Å². The number of carbonyl (C=O) groups is 1. The van der Waals surface area contributed by atoms with E-state index in [-0.39, 0.29) is 18.0 Å². The van der Waals surface area contributed by atoms with Gasteiger partial charge in [0.15, 0.2) is 0 Å². The summed E-state index contributed by atoms with van der Waals surface area (Å²) in [4.78, 5) is 33.9. The van der Waals surface area contributed by atoms with Crippen LogP contribution in [-0.4, -0.2) is 59.8 Å². The predicted octanol–water partition coefficient (Wildman–Crippen LogP) is 0.785. The Hall–Kier alpha value is -1.77. The van der Waals surface area contributed by atoms with Gasteiger partial charge in [0, 0.05) is 31.1 Å². The number of nitrogens with one attached hydrogen (secondary N) is 1. The lowest BCUT2D eigenvalue weighted by molar-refractivity contribution is -0.121. The average Bonchev–Trinajstić information content (AvgIpc) is 3.04. The normalized spacial score (nSPS) is 18.0. The van der Waals surface area contributed by atoms with Crippen LogP contribution in [0.1, 0.15) is 23.3 Å². The van der Waals surface area contributed by atoms with E-state index in [0.29, 0.717) is 6.54 Å². The van der Waals surface area contributed by atoms with Crippen molar-refractivity contribution < 1.29 is 9.53 Å². The van der Waals surface area contributed by atoms with E-state index >= 15 is 0 Å². The molecule has 0 spiro atoms. The van der Waals surface area contributed by atoms with Crippen LogP contribution in [-0.2, 0) is 28.9 Å². The zero-order valence-corrected chi connectivity index (χ0v) is 15.6. The molecule has 4 rings (SSSR count). The van der Waals surface area contributed by atoms with E-state index in [0.717, 1.165) is 67.9 Å². The van der Waals surface area contributed by atoms with E-state index in [1.807, 2.05) is 0 Å². The predicted molar refractivity (Wildman–Crippen MR) is 101 cm³/mol. The summed E-state index contributed by atoms with van der Waals surface area (Å²) < 4.78 is 6.75. The number of hydrogen-bond acceptors (Lipinski definition) is 6. The van der Waals surface area contributed by atoms with E-state index in [4.69, 9.17) is 4.74 Å². The molecule has 0 radical (unpaired) electrons. The molecule has 0 bridgehead atoms. The molecule has 8 heteroatoms. The van der Waals surface area contributed by atoms with Crippen molar-refractivity contribution >= 4 is 27.5 Å². The van der Waals surface area contributed by atoms with Crippen LogP contribution >= 0.6 is 11.3 Å². The molecule has 2 aromatic rings. The number of morpholine rings is 1. The first-order chi connectivity index (χ1) is 12.7. The SMILES string of the molecule is O=C(Cn1cnc2sc3c(c2c1=O)CCCC3)NCCN1CCOCC1. The van der Waals surface area contributed by atoms with Crippen LogP contribution in [0.3, 0.4) is 0 Å². The number of carbonyl (C=O) groups excluding carboxylic acids is 1. The molecular formula is C18H24N4O3S. The van der Waals surface area contributed by atoms with Gasteiger partial charge >= 0.3 is 0 Å². The lowest BCUT2D eigenvalue weighted by Crippen LogP contribution is -2.42. The number of fused-ring (bicyclic) bond motifs is 3. The third kappa shape index (κ3) is 3.67. The Labute approximate surface area is 156 Å². The van der Waals surface area contributed by atoms with Crippen molar-refractivity contribution in [2.45, 2.75) is 32.2 Å². The molecule has 1 saturated heterocycles. The number of rotatable bonds is 5. The van der Waals surface area contributed by atoms with Crippen LogP contribution in [0.25, 0.3) is 10.2 Å². The first-order valence-electron chi connectivity index (χ1n) is 9.29. The number of aromatic nitrogens is 2. The van der Waals surface area contributed by atoms with Crippen molar-refractivity contribution in [1.29, 1.82) is 0 Å². The highest BCUT2D eigenvalue weighted by molar-refractivity contribution is 7.18. The monoisotopic (exact) mass is 376 g/mol. The number of hydrogen-bond donors (Lipinski definition) is 1. The van der Waals surface area contributed by atoms with Gasteiger partial charge in [-0.05, 0) is 31.2 Å². The van der Waals surface area contributed by atoms with Gasteiger partial charge < -0.3 is 10.1 Å². The zero-order chi connectivity index (χ0) is 17.9. The number of amides is 1. The first kappa shape index (κ1) is 17.6. The van der Waals surface area contributed by atoms with Gasteiger partial charge in [0.2, 0.25) is 5.91 Å². The highest BCUT2D eigenvalue weighted by atomic mass is 32.1. The molecule has 2 aromatic heterocycles. The summed E-state index contributed by atoms with van der Waals surface area (Å²) >= 11 is 1.63. The number of aryl methyl sites for hydroxylation is 2. The fraction of sp³-hybridized carbons (Fsp3) is 0.611. The molecule has 1 fully saturated rings. The largest absolute Gasteiger partial charge is 0.379 e. The summed E-state index contributed by atoms with van der Waals surface area (Å²) in [7, 11) is 0. The molecule has 2 aliphatic rings. The lowest BCUT2D eigenvalue weighted by Gasteiger charge is -2.26. The molecule has 0 saturated carbocycles. The van der Waals surface area contributed by atoms with Crippen molar-refractivity contribution in [1.82, 2.24) is 19.8 Å². The molecule has 1 amide bonds. The number of ether oxygens (including phenoxy) is 1. The molecule has 0 aromatic carbocycles. The molecular weight excluding hydrogens is 352 g/mol. The molecule has 26 heavy (non-hydrogen) atoms. The molecule has 0 atom stereocenters. The van der Waals surface area contributed by atoms with Crippen molar-refractivity contribution in [3.05, 3.63) is 27.1 Å². The Morgan fingerprint density at radius 1 is 1.27 bits per heavy atom. The fourth-order valence-electron chi connectivity index (χ4n) is 3.68. The van der Waals surface area contributed by atoms with Gasteiger partial charge in [0.1, 0.15) is 11.4 Å². The molecule has 1 N–H and O–H groups in total. The Morgan fingerprint density at radius 2 is 2.08 bits per heavy atom. The van der Waals surface area contributed by atoms with Crippen LogP contribution in [0.4, 0.5) is 0 Å². The second kappa shape index (κ2) is 7.85. The van der Waals surface area contributed by atoms with E-state index in [9.17, 15) is 9.59 Å². The minimum absolute atomic E-state index is 0.0233. The van der Waals surface area contributed by atoms with E-state index < -0.39 is 0 Å². The highest BCUT2D eigenvalue weighted by Gasteiger charge is 2.20. The molecule has 140 valence electrons. The van der Waals surface area contributed by atoms with Crippen molar-refractivity contribution in [2.24, 2.45) is 0 Å². The van der Waals surface area contributed by atoms with Crippen LogP contribution < -0.4 is 10.9 Å². The Kier molecular flexibility index (Phi) is 5.33. The summed E-state index contributed by atoms with van der Waals surface area (Å²) in [6.07, 6.45) is 5.79. The van der Waals surface area contributed by atoms with E-state index in [2.05, 4.69) is 15.2 Å². The Morgan fingerprint density at radius 3 is 2.92 bits per heavy atom. The maximum absolute atomic E-state index is 12.8. The van der Waals surface area contributed by atoms with Crippen LogP contribution in [0.5, 0.6) is 0 Å². The molecule has 3 heterocycles. The van der Waals surface area contributed by atoms with Crippen molar-refractivity contribution in [3.8, 4) is 0 Å². The summed E-state index contributed by atoms with van der Waals surface area (Å²) in [6, 6.07) is 0. The molecule has 1 aliphatic heterocycles. The lowest BCUT2D eigenvalue weighted by atomic mass is 9.97. The number of thiophene rings is 1.